The number of aliphatic carboxylic acids is 1. The first-order valence-electron chi connectivity index (χ1n) is 6.41. The summed E-state index contributed by atoms with van der Waals surface area (Å²) in [5, 5.41) is 13.2. The van der Waals surface area contributed by atoms with Crippen molar-refractivity contribution in [3.63, 3.8) is 0 Å². The zero-order valence-corrected chi connectivity index (χ0v) is 11.0. The standard InChI is InChI=1S/C14H18ClNO2/c15-11-8-6-10(7-9-11)13(14(17)18)16-12-4-2-1-3-5-12/h6-9,12-13,16H,1-5H2,(H,17,18). The summed E-state index contributed by atoms with van der Waals surface area (Å²) in [4.78, 5) is 11.4. The van der Waals surface area contributed by atoms with Gasteiger partial charge in [0.05, 0.1) is 0 Å². The molecule has 1 atom stereocenters. The minimum Gasteiger partial charge on any atom is -0.480 e. The van der Waals surface area contributed by atoms with Crippen LogP contribution in [0.4, 0.5) is 0 Å². The van der Waals surface area contributed by atoms with E-state index in [0.717, 1.165) is 18.4 Å². The molecule has 1 aromatic carbocycles. The Morgan fingerprint density at radius 3 is 2.39 bits per heavy atom. The monoisotopic (exact) mass is 267 g/mol. The maximum absolute atomic E-state index is 11.4. The third kappa shape index (κ3) is 3.47. The Labute approximate surface area is 112 Å². The topological polar surface area (TPSA) is 49.3 Å². The van der Waals surface area contributed by atoms with Crippen molar-refractivity contribution < 1.29 is 9.90 Å². The Morgan fingerprint density at radius 2 is 1.83 bits per heavy atom. The van der Waals surface area contributed by atoms with Gasteiger partial charge in [-0.15, -0.1) is 0 Å². The number of hydrogen-bond acceptors (Lipinski definition) is 2. The Morgan fingerprint density at radius 1 is 1.22 bits per heavy atom. The fraction of sp³-hybridized carbons (Fsp3) is 0.500. The quantitative estimate of drug-likeness (QED) is 0.879. The van der Waals surface area contributed by atoms with Crippen molar-refractivity contribution in [2.24, 2.45) is 0 Å². The van der Waals surface area contributed by atoms with Crippen LogP contribution in [0.3, 0.4) is 0 Å². The predicted molar refractivity (Wildman–Crippen MR) is 71.8 cm³/mol. The van der Waals surface area contributed by atoms with Crippen molar-refractivity contribution in [1.29, 1.82) is 0 Å². The van der Waals surface area contributed by atoms with E-state index in [1.54, 1.807) is 24.3 Å². The molecule has 0 spiro atoms. The molecule has 1 unspecified atom stereocenters. The van der Waals surface area contributed by atoms with Gasteiger partial charge < -0.3 is 5.11 Å². The molecule has 0 heterocycles. The van der Waals surface area contributed by atoms with Crippen LogP contribution in [0.2, 0.25) is 5.02 Å². The Bertz CT molecular complexity index is 399. The molecular weight excluding hydrogens is 250 g/mol. The summed E-state index contributed by atoms with van der Waals surface area (Å²) in [7, 11) is 0. The summed E-state index contributed by atoms with van der Waals surface area (Å²) >= 11 is 5.82. The first-order valence-corrected chi connectivity index (χ1v) is 6.79. The summed E-state index contributed by atoms with van der Waals surface area (Å²) in [5.74, 6) is -0.831. The first kappa shape index (κ1) is 13.4. The summed E-state index contributed by atoms with van der Waals surface area (Å²) in [6.07, 6.45) is 5.76. The van der Waals surface area contributed by atoms with Gasteiger partial charge in [0, 0.05) is 11.1 Å². The fourth-order valence-electron chi connectivity index (χ4n) is 2.47. The van der Waals surface area contributed by atoms with Gasteiger partial charge in [0.2, 0.25) is 0 Å². The minimum absolute atomic E-state index is 0.315. The second kappa shape index (κ2) is 6.21. The summed E-state index contributed by atoms with van der Waals surface area (Å²) in [6.45, 7) is 0. The summed E-state index contributed by atoms with van der Waals surface area (Å²) in [6, 6.07) is 6.69. The van der Waals surface area contributed by atoms with Crippen molar-refractivity contribution in [2.45, 2.75) is 44.2 Å². The molecule has 1 saturated carbocycles. The third-order valence-corrected chi connectivity index (χ3v) is 3.71. The molecule has 18 heavy (non-hydrogen) atoms. The largest absolute Gasteiger partial charge is 0.480 e. The molecule has 0 aliphatic heterocycles. The zero-order valence-electron chi connectivity index (χ0n) is 10.2. The van der Waals surface area contributed by atoms with E-state index >= 15 is 0 Å². The van der Waals surface area contributed by atoms with Crippen molar-refractivity contribution in [3.05, 3.63) is 34.9 Å². The minimum atomic E-state index is -0.831. The number of hydrogen-bond donors (Lipinski definition) is 2. The molecule has 1 aromatic rings. The smallest absolute Gasteiger partial charge is 0.325 e. The van der Waals surface area contributed by atoms with E-state index in [1.807, 2.05) is 0 Å². The summed E-state index contributed by atoms with van der Waals surface area (Å²) < 4.78 is 0. The van der Waals surface area contributed by atoms with Gasteiger partial charge in [-0.25, -0.2) is 0 Å². The van der Waals surface area contributed by atoms with E-state index in [9.17, 15) is 9.90 Å². The highest BCUT2D eigenvalue weighted by molar-refractivity contribution is 6.30. The normalized spacial score (nSPS) is 18.5. The molecule has 1 aliphatic carbocycles. The number of carboxylic acid groups (broad SMARTS) is 1. The van der Waals surface area contributed by atoms with Crippen LogP contribution in [0.5, 0.6) is 0 Å². The van der Waals surface area contributed by atoms with Crippen molar-refractivity contribution in [1.82, 2.24) is 5.32 Å². The van der Waals surface area contributed by atoms with Crippen LogP contribution >= 0.6 is 11.6 Å². The third-order valence-electron chi connectivity index (χ3n) is 3.46. The highest BCUT2D eigenvalue weighted by Crippen LogP contribution is 2.22. The summed E-state index contributed by atoms with van der Waals surface area (Å²) in [5.41, 5.74) is 0.762. The van der Waals surface area contributed by atoms with Crippen molar-refractivity contribution >= 4 is 17.6 Å². The number of halogens is 1. The van der Waals surface area contributed by atoms with E-state index in [2.05, 4.69) is 5.32 Å². The maximum Gasteiger partial charge on any atom is 0.325 e. The average molecular weight is 268 g/mol. The molecule has 0 aromatic heterocycles. The Kier molecular flexibility index (Phi) is 4.61. The SMILES string of the molecule is O=C(O)C(NC1CCCCC1)c1ccc(Cl)cc1. The van der Waals surface area contributed by atoms with Crippen LogP contribution in [-0.2, 0) is 4.79 Å². The van der Waals surface area contributed by atoms with Gasteiger partial charge in [0.15, 0.2) is 0 Å². The molecule has 3 nitrogen and oxygen atoms in total. The van der Waals surface area contributed by atoms with Crippen LogP contribution in [0, 0.1) is 0 Å². The number of rotatable bonds is 4. The zero-order chi connectivity index (χ0) is 13.0. The Hall–Kier alpha value is -1.06. The molecule has 2 rings (SSSR count). The lowest BCUT2D eigenvalue weighted by atomic mass is 9.94. The lowest BCUT2D eigenvalue weighted by Crippen LogP contribution is -2.38. The molecule has 0 bridgehead atoms. The molecule has 2 N–H and O–H groups in total. The van der Waals surface area contributed by atoms with E-state index < -0.39 is 12.0 Å². The first-order chi connectivity index (χ1) is 8.66. The van der Waals surface area contributed by atoms with E-state index in [4.69, 9.17) is 11.6 Å². The maximum atomic E-state index is 11.4. The highest BCUT2D eigenvalue weighted by atomic mass is 35.5. The van der Waals surface area contributed by atoms with Crippen LogP contribution in [0.15, 0.2) is 24.3 Å². The van der Waals surface area contributed by atoms with Crippen LogP contribution in [0.25, 0.3) is 0 Å². The molecule has 0 amide bonds. The van der Waals surface area contributed by atoms with Crippen molar-refractivity contribution in [3.8, 4) is 0 Å². The number of carbonyl (C=O) groups is 1. The van der Waals surface area contributed by atoms with E-state index in [1.165, 1.54) is 19.3 Å². The molecule has 0 radical (unpaired) electrons. The lowest BCUT2D eigenvalue weighted by Gasteiger charge is -2.26. The van der Waals surface area contributed by atoms with Gasteiger partial charge in [-0.3, -0.25) is 10.1 Å². The molecule has 4 heteroatoms. The van der Waals surface area contributed by atoms with Gasteiger partial charge in [-0.05, 0) is 30.5 Å². The second-order valence-corrected chi connectivity index (χ2v) is 5.26. The Balaban J connectivity index is 2.07. The molecule has 98 valence electrons. The van der Waals surface area contributed by atoms with Crippen molar-refractivity contribution in [2.75, 3.05) is 0 Å². The van der Waals surface area contributed by atoms with Crippen LogP contribution in [-0.4, -0.2) is 17.1 Å². The lowest BCUT2D eigenvalue weighted by molar-refractivity contribution is -0.140. The van der Waals surface area contributed by atoms with Gasteiger partial charge in [-0.2, -0.15) is 0 Å². The van der Waals surface area contributed by atoms with Gasteiger partial charge in [0.25, 0.3) is 0 Å². The molecule has 0 saturated heterocycles. The predicted octanol–water partition coefficient (Wildman–Crippen LogP) is 3.39. The van der Waals surface area contributed by atoms with Gasteiger partial charge in [-0.1, -0.05) is 43.0 Å². The fourth-order valence-corrected chi connectivity index (χ4v) is 2.60. The highest BCUT2D eigenvalue weighted by Gasteiger charge is 2.24. The van der Waals surface area contributed by atoms with Gasteiger partial charge >= 0.3 is 5.97 Å². The number of carboxylic acids is 1. The second-order valence-electron chi connectivity index (χ2n) is 4.82. The molecule has 1 fully saturated rings. The van der Waals surface area contributed by atoms with E-state index in [-0.39, 0.29) is 0 Å². The van der Waals surface area contributed by atoms with Crippen LogP contribution < -0.4 is 5.32 Å². The molecular formula is C14H18ClNO2. The number of benzene rings is 1. The van der Waals surface area contributed by atoms with Crippen LogP contribution in [0.1, 0.15) is 43.7 Å². The molecule has 1 aliphatic rings. The van der Waals surface area contributed by atoms with Gasteiger partial charge in [0.1, 0.15) is 6.04 Å². The number of nitrogens with one attached hydrogen (secondary N) is 1. The average Bonchev–Trinajstić information content (AvgIpc) is 2.38. The van der Waals surface area contributed by atoms with E-state index in [0.29, 0.717) is 11.1 Å².